The van der Waals surface area contributed by atoms with E-state index in [1.807, 2.05) is 25.1 Å². The van der Waals surface area contributed by atoms with Crippen molar-refractivity contribution < 1.29 is 0 Å². The lowest BCUT2D eigenvalue weighted by Crippen LogP contribution is -2.11. The van der Waals surface area contributed by atoms with Gasteiger partial charge < -0.3 is 5.73 Å². The second-order valence-corrected chi connectivity index (χ2v) is 3.74. The van der Waals surface area contributed by atoms with Gasteiger partial charge in [0.2, 0.25) is 0 Å². The lowest BCUT2D eigenvalue weighted by atomic mass is 10.1. The van der Waals surface area contributed by atoms with Crippen LogP contribution in [0.3, 0.4) is 0 Å². The summed E-state index contributed by atoms with van der Waals surface area (Å²) in [6.45, 7) is 1.83. The molecule has 0 fully saturated rings. The fourth-order valence-corrected chi connectivity index (χ4v) is 1.66. The highest BCUT2D eigenvalue weighted by Crippen LogP contribution is 2.20. The lowest BCUT2D eigenvalue weighted by molar-refractivity contribution is 0.789. The van der Waals surface area contributed by atoms with Crippen LogP contribution in [0.25, 0.3) is 5.82 Å². The van der Waals surface area contributed by atoms with Crippen LogP contribution in [-0.2, 0) is 0 Å². The van der Waals surface area contributed by atoms with Crippen molar-refractivity contribution in [2.24, 2.45) is 5.73 Å². The fraction of sp³-hybridized carbons (Fsp3) is 0.167. The zero-order valence-corrected chi connectivity index (χ0v) is 9.70. The van der Waals surface area contributed by atoms with Gasteiger partial charge in [-0.05, 0) is 13.0 Å². The van der Waals surface area contributed by atoms with Crippen molar-refractivity contribution >= 4 is 0 Å². The fourth-order valence-electron chi connectivity index (χ4n) is 1.66. The molecule has 88 valence electrons. The monoisotopic (exact) mass is 238 g/mol. The average Bonchev–Trinajstić information content (AvgIpc) is 2.81. The molecule has 2 heterocycles. The van der Waals surface area contributed by atoms with Gasteiger partial charge in [-0.1, -0.05) is 6.07 Å². The Kier molecular flexibility index (Phi) is 3.05. The molecule has 2 N–H and O–H groups in total. The Bertz CT molecular complexity index is 656. The second-order valence-electron chi connectivity index (χ2n) is 3.74. The minimum atomic E-state index is -0.229. The molecule has 2 aromatic heterocycles. The van der Waals surface area contributed by atoms with Gasteiger partial charge in [0.15, 0.2) is 11.4 Å². The molecule has 1 atom stereocenters. The molecule has 0 spiro atoms. The first kappa shape index (κ1) is 11.8. The number of aromatic nitrogens is 3. The average molecular weight is 238 g/mol. The van der Waals surface area contributed by atoms with Crippen LogP contribution in [-0.4, -0.2) is 14.5 Å². The van der Waals surface area contributed by atoms with Crippen molar-refractivity contribution in [1.29, 1.82) is 10.5 Å². The molecule has 0 aliphatic heterocycles. The van der Waals surface area contributed by atoms with Gasteiger partial charge in [-0.2, -0.15) is 10.5 Å². The Labute approximate surface area is 104 Å². The molecule has 0 aromatic carbocycles. The SMILES string of the molecule is CC(N)c1cccnc1-n1cnc(C#N)c1C#N. The molecule has 1 unspecified atom stereocenters. The second kappa shape index (κ2) is 4.66. The van der Waals surface area contributed by atoms with Gasteiger partial charge in [-0.15, -0.1) is 0 Å². The van der Waals surface area contributed by atoms with Crippen LogP contribution in [0.5, 0.6) is 0 Å². The number of nitriles is 2. The first-order valence-electron chi connectivity index (χ1n) is 5.27. The third kappa shape index (κ3) is 1.81. The van der Waals surface area contributed by atoms with Crippen LogP contribution in [0, 0.1) is 22.7 Å². The van der Waals surface area contributed by atoms with Gasteiger partial charge in [-0.25, -0.2) is 9.97 Å². The van der Waals surface area contributed by atoms with Gasteiger partial charge in [0.25, 0.3) is 0 Å². The summed E-state index contributed by atoms with van der Waals surface area (Å²) in [5, 5.41) is 18.0. The maximum Gasteiger partial charge on any atom is 0.177 e. The molecule has 6 nitrogen and oxygen atoms in total. The topological polar surface area (TPSA) is 104 Å². The lowest BCUT2D eigenvalue weighted by Gasteiger charge is -2.12. The number of nitrogens with zero attached hydrogens (tertiary/aromatic N) is 5. The van der Waals surface area contributed by atoms with Crippen molar-refractivity contribution in [2.75, 3.05) is 0 Å². The molecule has 0 bridgehead atoms. The number of imidazole rings is 1. The Balaban J connectivity index is 2.68. The summed E-state index contributed by atoms with van der Waals surface area (Å²) in [5.41, 5.74) is 6.90. The number of hydrogen-bond acceptors (Lipinski definition) is 5. The first-order valence-corrected chi connectivity index (χ1v) is 5.27. The zero-order valence-electron chi connectivity index (χ0n) is 9.70. The van der Waals surface area contributed by atoms with Gasteiger partial charge in [0, 0.05) is 17.8 Å². The Morgan fingerprint density at radius 2 is 2.11 bits per heavy atom. The van der Waals surface area contributed by atoms with Crippen molar-refractivity contribution in [3.05, 3.63) is 41.6 Å². The Morgan fingerprint density at radius 1 is 1.33 bits per heavy atom. The van der Waals surface area contributed by atoms with Crippen molar-refractivity contribution in [3.63, 3.8) is 0 Å². The molecule has 0 aliphatic rings. The smallest absolute Gasteiger partial charge is 0.177 e. The summed E-state index contributed by atoms with van der Waals surface area (Å²) in [4.78, 5) is 8.09. The summed E-state index contributed by atoms with van der Waals surface area (Å²) in [6.07, 6.45) is 3.01. The molecule has 18 heavy (non-hydrogen) atoms. The maximum atomic E-state index is 9.09. The predicted molar refractivity (Wildman–Crippen MR) is 63.4 cm³/mol. The minimum absolute atomic E-state index is 0.0822. The molecule has 2 aromatic rings. The summed E-state index contributed by atoms with van der Waals surface area (Å²) in [7, 11) is 0. The highest BCUT2D eigenvalue weighted by atomic mass is 15.1. The van der Waals surface area contributed by atoms with E-state index in [4.69, 9.17) is 16.3 Å². The standard InChI is InChI=1S/C12H10N6/c1-8(15)9-3-2-4-16-12(9)18-7-17-10(5-13)11(18)6-14/h2-4,7-8H,15H2,1H3. The van der Waals surface area contributed by atoms with Gasteiger partial charge in [0.1, 0.15) is 24.3 Å². The summed E-state index contributed by atoms with van der Waals surface area (Å²) in [5.74, 6) is 0.526. The molecule has 6 heteroatoms. The third-order valence-electron chi connectivity index (χ3n) is 2.51. The number of rotatable bonds is 2. The number of pyridine rings is 1. The van der Waals surface area contributed by atoms with E-state index in [2.05, 4.69) is 9.97 Å². The van der Waals surface area contributed by atoms with Crippen LogP contribution in [0.15, 0.2) is 24.7 Å². The summed E-state index contributed by atoms with van der Waals surface area (Å²) in [6, 6.07) is 7.21. The minimum Gasteiger partial charge on any atom is -0.324 e. The maximum absolute atomic E-state index is 9.09. The summed E-state index contributed by atoms with van der Waals surface area (Å²) >= 11 is 0. The van der Waals surface area contributed by atoms with Crippen LogP contribution >= 0.6 is 0 Å². The summed E-state index contributed by atoms with van der Waals surface area (Å²) < 4.78 is 1.48. The van der Waals surface area contributed by atoms with E-state index in [0.717, 1.165) is 5.56 Å². The van der Waals surface area contributed by atoms with Crippen molar-refractivity contribution in [2.45, 2.75) is 13.0 Å². The van der Waals surface area contributed by atoms with Gasteiger partial charge in [-0.3, -0.25) is 4.57 Å². The van der Waals surface area contributed by atoms with E-state index < -0.39 is 0 Å². The molecule has 0 saturated carbocycles. The van der Waals surface area contributed by atoms with E-state index in [1.54, 1.807) is 12.3 Å². The molecule has 0 amide bonds. The zero-order chi connectivity index (χ0) is 13.1. The highest BCUT2D eigenvalue weighted by molar-refractivity contribution is 5.45. The van der Waals surface area contributed by atoms with Crippen LogP contribution in [0.4, 0.5) is 0 Å². The third-order valence-corrected chi connectivity index (χ3v) is 2.51. The highest BCUT2D eigenvalue weighted by Gasteiger charge is 2.16. The first-order chi connectivity index (χ1) is 8.69. The molecule has 0 saturated heterocycles. The Morgan fingerprint density at radius 3 is 2.72 bits per heavy atom. The van der Waals surface area contributed by atoms with Crippen molar-refractivity contribution in [1.82, 2.24) is 14.5 Å². The largest absolute Gasteiger partial charge is 0.324 e. The molecule has 0 aliphatic carbocycles. The van der Waals surface area contributed by atoms with E-state index in [1.165, 1.54) is 10.9 Å². The van der Waals surface area contributed by atoms with Crippen LogP contribution in [0.1, 0.15) is 29.9 Å². The van der Waals surface area contributed by atoms with E-state index in [-0.39, 0.29) is 17.4 Å². The van der Waals surface area contributed by atoms with Gasteiger partial charge in [0.05, 0.1) is 0 Å². The molecule has 2 rings (SSSR count). The molecular formula is C12H10N6. The quantitative estimate of drug-likeness (QED) is 0.841. The van der Waals surface area contributed by atoms with Crippen LogP contribution in [0.2, 0.25) is 0 Å². The van der Waals surface area contributed by atoms with E-state index >= 15 is 0 Å². The van der Waals surface area contributed by atoms with Gasteiger partial charge >= 0.3 is 0 Å². The van der Waals surface area contributed by atoms with E-state index in [9.17, 15) is 0 Å². The number of hydrogen-bond donors (Lipinski definition) is 1. The molecule has 0 radical (unpaired) electrons. The predicted octanol–water partition coefficient (Wildman–Crippen LogP) is 1.03. The number of nitrogens with two attached hydrogens (primary N) is 1. The van der Waals surface area contributed by atoms with Crippen molar-refractivity contribution in [3.8, 4) is 18.0 Å². The van der Waals surface area contributed by atoms with E-state index in [0.29, 0.717) is 5.82 Å². The molecular weight excluding hydrogens is 228 g/mol. The Hall–Kier alpha value is -2.70. The van der Waals surface area contributed by atoms with Crippen LogP contribution < -0.4 is 5.73 Å². The normalized spacial score (nSPS) is 11.6.